The molecule has 12 heteroatoms. The van der Waals surface area contributed by atoms with E-state index in [2.05, 4.69) is 35.8 Å². The van der Waals surface area contributed by atoms with Gasteiger partial charge in [0.05, 0.1) is 16.3 Å². The van der Waals surface area contributed by atoms with Crippen LogP contribution in [0.3, 0.4) is 0 Å². The van der Waals surface area contributed by atoms with Crippen LogP contribution in [0.25, 0.3) is 17.1 Å². The van der Waals surface area contributed by atoms with E-state index in [4.69, 9.17) is 28.9 Å². The Hall–Kier alpha value is -3.76. The predicted octanol–water partition coefficient (Wildman–Crippen LogP) is 2.97. The number of nitrogen functional groups attached to an aromatic ring is 1. The average Bonchev–Trinajstić information content (AvgIpc) is 3.36. The number of hydrogen-bond acceptors (Lipinski definition) is 8. The molecule has 0 fully saturated rings. The second-order valence-electron chi connectivity index (χ2n) is 5.87. The van der Waals surface area contributed by atoms with Crippen molar-refractivity contribution >= 4 is 41.1 Å². The molecule has 0 saturated heterocycles. The zero-order valence-electron chi connectivity index (χ0n) is 15.0. The lowest BCUT2D eigenvalue weighted by atomic mass is 10.1. The number of carbonyl (C=O) groups is 1. The highest BCUT2D eigenvalue weighted by atomic mass is 35.5. The van der Waals surface area contributed by atoms with E-state index in [1.807, 2.05) is 6.07 Å². The Morgan fingerprint density at radius 3 is 2.50 bits per heavy atom. The van der Waals surface area contributed by atoms with Crippen molar-refractivity contribution in [3.8, 4) is 17.1 Å². The van der Waals surface area contributed by atoms with Gasteiger partial charge in [-0.3, -0.25) is 4.79 Å². The molecule has 150 valence electrons. The summed E-state index contributed by atoms with van der Waals surface area (Å²) in [6, 6.07) is 14.0. The molecule has 2 aromatic heterocycles. The summed E-state index contributed by atoms with van der Waals surface area (Å²) in [6.07, 6.45) is 1.34. The van der Waals surface area contributed by atoms with Gasteiger partial charge in [0, 0.05) is 11.1 Å². The first-order valence-electron chi connectivity index (χ1n) is 8.43. The lowest BCUT2D eigenvalue weighted by Crippen LogP contribution is -2.19. The van der Waals surface area contributed by atoms with Gasteiger partial charge in [-0.25, -0.2) is 10.1 Å². The van der Waals surface area contributed by atoms with E-state index in [-0.39, 0.29) is 17.3 Å². The summed E-state index contributed by atoms with van der Waals surface area (Å²) < 4.78 is 5.90. The predicted molar refractivity (Wildman–Crippen MR) is 111 cm³/mol. The number of aromatic nitrogens is 5. The van der Waals surface area contributed by atoms with Gasteiger partial charge in [0.1, 0.15) is 5.69 Å². The van der Waals surface area contributed by atoms with Crippen molar-refractivity contribution in [1.82, 2.24) is 30.7 Å². The number of nitrogens with two attached hydrogens (primary N) is 1. The average molecular weight is 443 g/mol. The van der Waals surface area contributed by atoms with Gasteiger partial charge in [0.15, 0.2) is 5.69 Å². The fourth-order valence-corrected chi connectivity index (χ4v) is 3.11. The minimum Gasteiger partial charge on any atom is -0.378 e. The van der Waals surface area contributed by atoms with Gasteiger partial charge >= 0.3 is 0 Å². The molecule has 3 N–H and O–H groups in total. The SMILES string of the molecule is Nc1nonc1-n1nnc(C(=O)NN=Cc2c(Cl)cccc2Cl)c1-c1ccccc1. The number of halogens is 2. The third kappa shape index (κ3) is 3.73. The van der Waals surface area contributed by atoms with Gasteiger partial charge < -0.3 is 5.73 Å². The van der Waals surface area contributed by atoms with E-state index in [9.17, 15) is 4.79 Å². The fourth-order valence-electron chi connectivity index (χ4n) is 2.62. The molecular weight excluding hydrogens is 431 g/mol. The monoisotopic (exact) mass is 442 g/mol. The molecule has 2 heterocycles. The molecule has 4 rings (SSSR count). The zero-order valence-corrected chi connectivity index (χ0v) is 16.5. The van der Waals surface area contributed by atoms with Crippen LogP contribution in [0.5, 0.6) is 0 Å². The standard InChI is InChI=1S/C18H12Cl2N8O2/c19-12-7-4-8-13(20)11(12)9-22-24-18(29)14-15(10-5-2-1-3-6-10)28(27-23-14)17-16(21)25-30-26-17/h1-9H,(H2,21,25)(H,24,29). The summed E-state index contributed by atoms with van der Waals surface area (Å²) in [4.78, 5) is 12.8. The molecular formula is C18H12Cl2N8O2. The molecule has 0 aliphatic carbocycles. The normalized spacial score (nSPS) is 11.1. The maximum Gasteiger partial charge on any atom is 0.294 e. The topological polar surface area (TPSA) is 137 Å². The molecule has 0 aliphatic heterocycles. The van der Waals surface area contributed by atoms with Crippen LogP contribution < -0.4 is 11.2 Å². The molecule has 0 spiro atoms. The Labute approximate surface area is 179 Å². The minimum atomic E-state index is -0.616. The molecule has 0 unspecified atom stereocenters. The number of rotatable bonds is 5. The van der Waals surface area contributed by atoms with Crippen LogP contribution in [0, 0.1) is 0 Å². The van der Waals surface area contributed by atoms with Crippen molar-refractivity contribution < 1.29 is 9.42 Å². The van der Waals surface area contributed by atoms with Gasteiger partial charge in [0.25, 0.3) is 5.91 Å². The Morgan fingerprint density at radius 1 is 1.10 bits per heavy atom. The molecule has 0 bridgehead atoms. The highest BCUT2D eigenvalue weighted by Gasteiger charge is 2.25. The second-order valence-corrected chi connectivity index (χ2v) is 6.69. The van der Waals surface area contributed by atoms with Crippen LogP contribution in [-0.4, -0.2) is 37.4 Å². The van der Waals surface area contributed by atoms with Crippen LogP contribution in [0.2, 0.25) is 10.0 Å². The van der Waals surface area contributed by atoms with Crippen molar-refractivity contribution in [2.24, 2.45) is 5.10 Å². The number of amides is 1. The summed E-state index contributed by atoms with van der Waals surface area (Å²) in [7, 11) is 0. The number of nitrogens with one attached hydrogen (secondary N) is 1. The van der Waals surface area contributed by atoms with Crippen LogP contribution >= 0.6 is 23.2 Å². The highest BCUT2D eigenvalue weighted by molar-refractivity contribution is 6.38. The minimum absolute atomic E-state index is 0.00424. The summed E-state index contributed by atoms with van der Waals surface area (Å²) in [5, 5.41) is 19.9. The van der Waals surface area contributed by atoms with Crippen LogP contribution in [0.1, 0.15) is 16.1 Å². The summed E-state index contributed by atoms with van der Waals surface area (Å²) in [6.45, 7) is 0. The van der Waals surface area contributed by atoms with Gasteiger partial charge in [-0.15, -0.1) is 5.10 Å². The summed E-state index contributed by atoms with van der Waals surface area (Å²) in [5.74, 6) is -0.517. The Morgan fingerprint density at radius 2 is 1.83 bits per heavy atom. The van der Waals surface area contributed by atoms with E-state index in [0.29, 0.717) is 26.9 Å². The van der Waals surface area contributed by atoms with Gasteiger partial charge in [0.2, 0.25) is 11.6 Å². The van der Waals surface area contributed by atoms with Gasteiger partial charge in [-0.2, -0.15) is 9.78 Å². The van der Waals surface area contributed by atoms with E-state index in [1.165, 1.54) is 10.9 Å². The summed E-state index contributed by atoms with van der Waals surface area (Å²) in [5.41, 5.74) is 9.60. The largest absolute Gasteiger partial charge is 0.378 e. The molecule has 0 saturated carbocycles. The molecule has 1 amide bonds. The van der Waals surface area contributed by atoms with Crippen LogP contribution in [0.15, 0.2) is 58.3 Å². The van der Waals surface area contributed by atoms with Crippen molar-refractivity contribution in [2.45, 2.75) is 0 Å². The second kappa shape index (κ2) is 8.31. The van der Waals surface area contributed by atoms with Crippen LogP contribution in [-0.2, 0) is 0 Å². The lowest BCUT2D eigenvalue weighted by molar-refractivity contribution is 0.0950. The molecule has 0 aliphatic rings. The van der Waals surface area contributed by atoms with Crippen molar-refractivity contribution in [3.05, 3.63) is 69.8 Å². The smallest absolute Gasteiger partial charge is 0.294 e. The van der Waals surface area contributed by atoms with Crippen molar-refractivity contribution in [2.75, 3.05) is 5.73 Å². The number of anilines is 1. The van der Waals surface area contributed by atoms with Crippen molar-refractivity contribution in [1.29, 1.82) is 0 Å². The summed E-state index contributed by atoms with van der Waals surface area (Å²) >= 11 is 12.2. The maximum atomic E-state index is 12.8. The number of hydrogen-bond donors (Lipinski definition) is 2. The molecule has 0 radical (unpaired) electrons. The maximum absolute atomic E-state index is 12.8. The Bertz CT molecular complexity index is 1220. The molecule has 10 nitrogen and oxygen atoms in total. The van der Waals surface area contributed by atoms with E-state index < -0.39 is 5.91 Å². The zero-order chi connectivity index (χ0) is 21.1. The van der Waals surface area contributed by atoms with Crippen molar-refractivity contribution in [3.63, 3.8) is 0 Å². The molecule has 2 aromatic carbocycles. The third-order valence-electron chi connectivity index (χ3n) is 3.99. The highest BCUT2D eigenvalue weighted by Crippen LogP contribution is 2.26. The third-order valence-corrected chi connectivity index (χ3v) is 4.65. The Kier molecular flexibility index (Phi) is 5.42. The number of carbonyl (C=O) groups excluding carboxylic acids is 1. The van der Waals surface area contributed by atoms with E-state index in [1.54, 1.807) is 42.5 Å². The first-order valence-corrected chi connectivity index (χ1v) is 9.19. The number of benzene rings is 2. The van der Waals surface area contributed by atoms with Gasteiger partial charge in [-0.05, 0) is 22.4 Å². The number of nitrogens with zero attached hydrogens (tertiary/aromatic N) is 6. The quantitative estimate of drug-likeness (QED) is 0.357. The van der Waals surface area contributed by atoms with Gasteiger partial charge in [-0.1, -0.05) is 64.8 Å². The van der Waals surface area contributed by atoms with E-state index >= 15 is 0 Å². The first-order chi connectivity index (χ1) is 14.6. The Balaban J connectivity index is 1.69. The molecule has 0 atom stereocenters. The first kappa shape index (κ1) is 19.6. The fraction of sp³-hybridized carbons (Fsp3) is 0. The van der Waals surface area contributed by atoms with E-state index in [0.717, 1.165) is 0 Å². The lowest BCUT2D eigenvalue weighted by Gasteiger charge is -2.05. The number of hydrazone groups is 1. The molecule has 4 aromatic rings. The molecule has 30 heavy (non-hydrogen) atoms. The van der Waals surface area contributed by atoms with Crippen LogP contribution in [0.4, 0.5) is 5.82 Å².